The fraction of sp³-hybridized carbons (Fsp3) is 0.353. The standard InChI is InChI=1S/C17H19N5O4/c1-25-14-10(5-4-6-11(14)23)19-15-13-16(21-17(24)20-15)22(9-18-13)12-7-2-3-8-26-12/h4-6,9,12,23H,2-3,7-8H2,1H3,(H2,19,20,21,24). The summed E-state index contributed by atoms with van der Waals surface area (Å²) in [4.78, 5) is 23.2. The van der Waals surface area contributed by atoms with Crippen LogP contribution < -0.4 is 15.7 Å². The Bertz CT molecular complexity index is 990. The van der Waals surface area contributed by atoms with Gasteiger partial charge in [0.15, 0.2) is 17.1 Å². The third kappa shape index (κ3) is 2.86. The molecule has 9 nitrogen and oxygen atoms in total. The molecule has 4 rings (SSSR count). The average molecular weight is 357 g/mol. The third-order valence-corrected chi connectivity index (χ3v) is 4.37. The molecule has 2 aromatic heterocycles. The fourth-order valence-electron chi connectivity index (χ4n) is 3.15. The Morgan fingerprint density at radius 2 is 2.31 bits per heavy atom. The lowest BCUT2D eigenvalue weighted by Crippen LogP contribution is -2.20. The van der Waals surface area contributed by atoms with Gasteiger partial charge in [-0.25, -0.2) is 9.78 Å². The largest absolute Gasteiger partial charge is 0.504 e. The summed E-state index contributed by atoms with van der Waals surface area (Å²) >= 11 is 0. The molecule has 1 fully saturated rings. The number of aromatic amines is 1. The number of imidazole rings is 1. The molecule has 0 amide bonds. The first-order valence-electron chi connectivity index (χ1n) is 8.39. The van der Waals surface area contributed by atoms with Gasteiger partial charge in [-0.05, 0) is 31.4 Å². The van der Waals surface area contributed by atoms with Crippen molar-refractivity contribution >= 4 is 22.7 Å². The number of methoxy groups -OCH3 is 1. The maximum atomic E-state index is 12.1. The molecule has 1 atom stereocenters. The maximum absolute atomic E-state index is 12.1. The van der Waals surface area contributed by atoms with Gasteiger partial charge < -0.3 is 19.9 Å². The number of rotatable bonds is 4. The minimum atomic E-state index is -0.503. The lowest BCUT2D eigenvalue weighted by Gasteiger charge is -2.23. The molecule has 0 aliphatic carbocycles. The van der Waals surface area contributed by atoms with E-state index < -0.39 is 5.69 Å². The van der Waals surface area contributed by atoms with Gasteiger partial charge in [-0.3, -0.25) is 9.55 Å². The number of anilines is 2. The van der Waals surface area contributed by atoms with E-state index >= 15 is 0 Å². The van der Waals surface area contributed by atoms with Gasteiger partial charge in [0.25, 0.3) is 0 Å². The number of nitrogens with one attached hydrogen (secondary N) is 2. The smallest absolute Gasteiger partial charge is 0.348 e. The van der Waals surface area contributed by atoms with Crippen molar-refractivity contribution in [2.45, 2.75) is 25.5 Å². The molecule has 3 heterocycles. The Kier molecular flexibility index (Phi) is 4.21. The highest BCUT2D eigenvalue weighted by molar-refractivity contribution is 5.86. The van der Waals surface area contributed by atoms with Crippen molar-refractivity contribution in [2.75, 3.05) is 19.0 Å². The first-order valence-corrected chi connectivity index (χ1v) is 8.39. The van der Waals surface area contributed by atoms with Crippen molar-refractivity contribution in [3.8, 4) is 11.5 Å². The molecule has 9 heteroatoms. The van der Waals surface area contributed by atoms with Crippen molar-refractivity contribution in [2.24, 2.45) is 0 Å². The Balaban J connectivity index is 1.78. The molecule has 1 aliphatic heterocycles. The zero-order valence-electron chi connectivity index (χ0n) is 14.2. The van der Waals surface area contributed by atoms with Gasteiger partial charge >= 0.3 is 5.69 Å². The van der Waals surface area contributed by atoms with Crippen molar-refractivity contribution in [1.29, 1.82) is 0 Å². The van der Waals surface area contributed by atoms with Crippen LogP contribution in [0.1, 0.15) is 25.5 Å². The van der Waals surface area contributed by atoms with E-state index in [-0.39, 0.29) is 17.7 Å². The van der Waals surface area contributed by atoms with Gasteiger partial charge in [-0.1, -0.05) is 6.07 Å². The molecule has 3 N–H and O–H groups in total. The van der Waals surface area contributed by atoms with E-state index in [1.807, 2.05) is 0 Å². The quantitative estimate of drug-likeness (QED) is 0.656. The first kappa shape index (κ1) is 16.4. The topological polar surface area (TPSA) is 114 Å². The Hall–Kier alpha value is -3.07. The number of hydrogen-bond donors (Lipinski definition) is 3. The summed E-state index contributed by atoms with van der Waals surface area (Å²) in [6.07, 6.45) is 4.39. The summed E-state index contributed by atoms with van der Waals surface area (Å²) in [6.45, 7) is 0.680. The van der Waals surface area contributed by atoms with Crippen LogP contribution in [0.5, 0.6) is 11.5 Å². The van der Waals surface area contributed by atoms with Gasteiger partial charge in [0.05, 0.1) is 19.1 Å². The van der Waals surface area contributed by atoms with Crippen LogP contribution in [-0.2, 0) is 4.74 Å². The Labute approximate surface area is 148 Å². The number of aromatic hydroxyl groups is 1. The Morgan fingerprint density at radius 1 is 1.42 bits per heavy atom. The summed E-state index contributed by atoms with van der Waals surface area (Å²) < 4.78 is 12.8. The zero-order valence-corrected chi connectivity index (χ0v) is 14.2. The van der Waals surface area contributed by atoms with Gasteiger partial charge in [-0.2, -0.15) is 4.98 Å². The molecule has 0 bridgehead atoms. The molecule has 0 radical (unpaired) electrons. The van der Waals surface area contributed by atoms with Gasteiger partial charge in [-0.15, -0.1) is 0 Å². The number of phenolic OH excluding ortho intramolecular Hbond substituents is 1. The van der Waals surface area contributed by atoms with Crippen molar-refractivity contribution < 1.29 is 14.6 Å². The SMILES string of the molecule is COc1c(O)cccc1Nc1[nH]c(=O)nc2c1ncn2C1CCCCO1. The van der Waals surface area contributed by atoms with Crippen LogP contribution in [0, 0.1) is 0 Å². The molecule has 3 aromatic rings. The number of aromatic nitrogens is 4. The monoisotopic (exact) mass is 357 g/mol. The number of hydrogen-bond acceptors (Lipinski definition) is 7. The normalized spacial score (nSPS) is 17.3. The molecule has 1 saturated heterocycles. The summed E-state index contributed by atoms with van der Waals surface area (Å²) in [7, 11) is 1.46. The highest BCUT2D eigenvalue weighted by Crippen LogP contribution is 2.36. The molecular formula is C17H19N5O4. The number of ether oxygens (including phenoxy) is 2. The summed E-state index contributed by atoms with van der Waals surface area (Å²) in [6, 6.07) is 4.92. The summed E-state index contributed by atoms with van der Waals surface area (Å²) in [5.41, 5.74) is 0.947. The average Bonchev–Trinajstić information content (AvgIpc) is 3.06. The second-order valence-electron chi connectivity index (χ2n) is 6.05. The van der Waals surface area contributed by atoms with E-state index in [2.05, 4.69) is 20.3 Å². The van der Waals surface area contributed by atoms with E-state index in [1.54, 1.807) is 23.0 Å². The molecule has 0 spiro atoms. The minimum Gasteiger partial charge on any atom is -0.504 e. The highest BCUT2D eigenvalue weighted by atomic mass is 16.5. The predicted octanol–water partition coefficient (Wildman–Crippen LogP) is 2.28. The second kappa shape index (κ2) is 6.68. The van der Waals surface area contributed by atoms with Gasteiger partial charge in [0.1, 0.15) is 17.6 Å². The number of phenols is 1. The molecular weight excluding hydrogens is 338 g/mol. The number of H-pyrrole nitrogens is 1. The van der Waals surface area contributed by atoms with Crippen LogP contribution in [0.3, 0.4) is 0 Å². The minimum absolute atomic E-state index is 0.00807. The highest BCUT2D eigenvalue weighted by Gasteiger charge is 2.21. The number of fused-ring (bicyclic) bond motifs is 1. The summed E-state index contributed by atoms with van der Waals surface area (Å²) in [5.74, 6) is 0.637. The van der Waals surface area contributed by atoms with E-state index in [4.69, 9.17) is 9.47 Å². The van der Waals surface area contributed by atoms with E-state index in [1.165, 1.54) is 13.2 Å². The van der Waals surface area contributed by atoms with Gasteiger partial charge in [0, 0.05) is 6.61 Å². The molecule has 136 valence electrons. The van der Waals surface area contributed by atoms with E-state index in [9.17, 15) is 9.90 Å². The Morgan fingerprint density at radius 3 is 3.08 bits per heavy atom. The van der Waals surface area contributed by atoms with Crippen LogP contribution in [-0.4, -0.2) is 38.3 Å². The number of benzene rings is 1. The molecule has 0 saturated carbocycles. The van der Waals surface area contributed by atoms with Gasteiger partial charge in [0.2, 0.25) is 0 Å². The maximum Gasteiger partial charge on any atom is 0.348 e. The van der Waals surface area contributed by atoms with E-state index in [0.717, 1.165) is 19.3 Å². The molecule has 1 unspecified atom stereocenters. The van der Waals surface area contributed by atoms with E-state index in [0.29, 0.717) is 29.3 Å². The second-order valence-corrected chi connectivity index (χ2v) is 6.05. The van der Waals surface area contributed by atoms with Crippen LogP contribution in [0.15, 0.2) is 29.3 Å². The first-order chi connectivity index (χ1) is 12.7. The predicted molar refractivity (Wildman–Crippen MR) is 94.9 cm³/mol. The fourth-order valence-corrected chi connectivity index (χ4v) is 3.15. The molecule has 1 aliphatic rings. The van der Waals surface area contributed by atoms with Crippen molar-refractivity contribution in [3.63, 3.8) is 0 Å². The van der Waals surface area contributed by atoms with Crippen LogP contribution in [0.2, 0.25) is 0 Å². The van der Waals surface area contributed by atoms with Crippen molar-refractivity contribution in [1.82, 2.24) is 19.5 Å². The number of nitrogens with zero attached hydrogens (tertiary/aromatic N) is 3. The van der Waals surface area contributed by atoms with Crippen LogP contribution >= 0.6 is 0 Å². The van der Waals surface area contributed by atoms with Crippen LogP contribution in [0.4, 0.5) is 11.5 Å². The zero-order chi connectivity index (χ0) is 18.1. The number of para-hydroxylation sites is 1. The lowest BCUT2D eigenvalue weighted by atomic mass is 10.2. The molecule has 1 aromatic carbocycles. The lowest BCUT2D eigenvalue weighted by molar-refractivity contribution is -0.0298. The third-order valence-electron chi connectivity index (χ3n) is 4.37. The van der Waals surface area contributed by atoms with Crippen LogP contribution in [0.25, 0.3) is 11.2 Å². The summed E-state index contributed by atoms with van der Waals surface area (Å²) in [5, 5.41) is 13.0. The van der Waals surface area contributed by atoms with Crippen molar-refractivity contribution in [3.05, 3.63) is 35.0 Å². The molecule has 26 heavy (non-hydrogen) atoms.